The molecule has 9 atom stereocenters. The number of hydrogen-bond donors (Lipinski definition) is 2. The Morgan fingerprint density at radius 3 is 2.36 bits per heavy atom. The number of esters is 1. The number of allylic oxidation sites excluding steroid dienone is 2. The number of rotatable bonds is 6. The number of aliphatic hydroxyl groups excluding tert-OH is 2. The van der Waals surface area contributed by atoms with Crippen LogP contribution in [0, 0.1) is 45.8 Å². The summed E-state index contributed by atoms with van der Waals surface area (Å²) in [5.41, 5.74) is 3.28. The van der Waals surface area contributed by atoms with Gasteiger partial charge >= 0.3 is 5.97 Å². The average molecular weight is 501 g/mol. The van der Waals surface area contributed by atoms with Crippen LogP contribution in [0.3, 0.4) is 0 Å². The Labute approximate surface area is 220 Å². The largest absolute Gasteiger partial charge is 0.459 e. The van der Waals surface area contributed by atoms with E-state index in [1.807, 2.05) is 0 Å². The van der Waals surface area contributed by atoms with E-state index in [0.717, 1.165) is 56.9 Å². The van der Waals surface area contributed by atoms with Gasteiger partial charge in [0.15, 0.2) is 0 Å². The third-order valence-electron chi connectivity index (χ3n) is 11.8. The lowest BCUT2D eigenvalue weighted by Crippen LogP contribution is -2.61. The first-order valence-electron chi connectivity index (χ1n) is 14.6. The van der Waals surface area contributed by atoms with E-state index in [4.69, 9.17) is 4.74 Å². The van der Waals surface area contributed by atoms with E-state index in [1.165, 1.54) is 18.1 Å². The summed E-state index contributed by atoms with van der Waals surface area (Å²) in [5.74, 6) is 1.71. The van der Waals surface area contributed by atoms with Crippen LogP contribution in [0.1, 0.15) is 107 Å². The van der Waals surface area contributed by atoms with Crippen molar-refractivity contribution in [3.05, 3.63) is 23.3 Å². The monoisotopic (exact) mass is 500 g/mol. The predicted octanol–water partition coefficient (Wildman–Crippen LogP) is 6.85. The lowest BCUT2D eigenvalue weighted by molar-refractivity contribution is -0.177. The molecule has 4 rings (SSSR count). The van der Waals surface area contributed by atoms with E-state index in [-0.39, 0.29) is 28.3 Å². The normalized spacial score (nSPS) is 42.4. The molecule has 0 amide bonds. The zero-order chi connectivity index (χ0) is 26.8. The molecule has 0 heterocycles. The van der Waals surface area contributed by atoms with E-state index in [9.17, 15) is 15.0 Å². The molecule has 0 saturated heterocycles. The summed E-state index contributed by atoms with van der Waals surface area (Å²) >= 11 is 0. The first-order valence-corrected chi connectivity index (χ1v) is 14.6. The fourth-order valence-electron chi connectivity index (χ4n) is 9.59. The summed E-state index contributed by atoms with van der Waals surface area (Å²) in [4.78, 5) is 12.4. The van der Waals surface area contributed by atoms with Crippen molar-refractivity contribution in [1.29, 1.82) is 0 Å². The molecule has 0 spiro atoms. The number of carbonyl (C=O) groups is 1. The Bertz CT molecular complexity index is 915. The minimum atomic E-state index is -0.776. The second-order valence-corrected chi connectivity index (χ2v) is 14.2. The van der Waals surface area contributed by atoms with E-state index in [1.54, 1.807) is 0 Å². The van der Waals surface area contributed by atoms with Gasteiger partial charge in [0.2, 0.25) is 0 Å². The number of aliphatic hydroxyl groups is 2. The Kier molecular flexibility index (Phi) is 7.41. The molecule has 0 bridgehead atoms. The highest BCUT2D eigenvalue weighted by atomic mass is 16.6. The lowest BCUT2D eigenvalue weighted by Gasteiger charge is -2.62. The molecule has 4 heteroatoms. The fourth-order valence-corrected chi connectivity index (χ4v) is 9.59. The molecule has 0 radical (unpaired) electrons. The Morgan fingerprint density at radius 2 is 1.75 bits per heavy atom. The molecule has 204 valence electrons. The fraction of sp³-hybridized carbons (Fsp3) is 0.844. The summed E-state index contributed by atoms with van der Waals surface area (Å²) in [5, 5.41) is 23.0. The van der Waals surface area contributed by atoms with Crippen LogP contribution in [0.25, 0.3) is 0 Å². The van der Waals surface area contributed by atoms with E-state index in [0.29, 0.717) is 29.6 Å². The van der Waals surface area contributed by atoms with Gasteiger partial charge in [-0.15, -0.1) is 0 Å². The van der Waals surface area contributed by atoms with Crippen molar-refractivity contribution in [1.82, 2.24) is 0 Å². The molecule has 2 N–H and O–H groups in total. The van der Waals surface area contributed by atoms with Crippen LogP contribution in [-0.2, 0) is 9.53 Å². The van der Waals surface area contributed by atoms with Crippen molar-refractivity contribution >= 4 is 5.97 Å². The molecule has 0 aromatic rings. The molecule has 2 saturated carbocycles. The maximum absolute atomic E-state index is 12.4. The quantitative estimate of drug-likeness (QED) is 0.309. The van der Waals surface area contributed by atoms with Crippen LogP contribution < -0.4 is 0 Å². The SMILES string of the molecule is C=C(CC[C@@H](C)[C@H]1CC[C@H]2C3=C([C@@H](O)[C@H](OC(C)=O)[C@]12C)[C@@]1(C)CC[C@H](O)C(C)(C)C1CC3)C(C)C. The Balaban J connectivity index is 1.75. The Morgan fingerprint density at radius 1 is 1.08 bits per heavy atom. The van der Waals surface area contributed by atoms with Crippen LogP contribution >= 0.6 is 0 Å². The third kappa shape index (κ3) is 4.13. The summed E-state index contributed by atoms with van der Waals surface area (Å²) < 4.78 is 6.12. The minimum Gasteiger partial charge on any atom is -0.459 e. The van der Waals surface area contributed by atoms with Crippen LogP contribution in [-0.4, -0.2) is 34.5 Å². The van der Waals surface area contributed by atoms with E-state index in [2.05, 4.69) is 55.0 Å². The first kappa shape index (κ1) is 27.9. The predicted molar refractivity (Wildman–Crippen MR) is 145 cm³/mol. The highest BCUT2D eigenvalue weighted by Gasteiger charge is 2.65. The van der Waals surface area contributed by atoms with Gasteiger partial charge in [0.05, 0.1) is 6.10 Å². The van der Waals surface area contributed by atoms with Crippen molar-refractivity contribution in [2.45, 2.75) is 125 Å². The summed E-state index contributed by atoms with van der Waals surface area (Å²) in [7, 11) is 0. The maximum Gasteiger partial charge on any atom is 0.303 e. The minimum absolute atomic E-state index is 0.172. The van der Waals surface area contributed by atoms with Crippen LogP contribution in [0.4, 0.5) is 0 Å². The first-order chi connectivity index (χ1) is 16.7. The zero-order valence-electron chi connectivity index (χ0n) is 24.2. The number of hydrogen-bond acceptors (Lipinski definition) is 4. The highest BCUT2D eigenvalue weighted by Crippen LogP contribution is 2.68. The summed E-state index contributed by atoms with van der Waals surface area (Å²) in [6.45, 7) is 21.6. The van der Waals surface area contributed by atoms with Gasteiger partial charge in [-0.25, -0.2) is 0 Å². The molecule has 4 aliphatic carbocycles. The second-order valence-electron chi connectivity index (χ2n) is 14.2. The van der Waals surface area contributed by atoms with Crippen molar-refractivity contribution in [2.75, 3.05) is 0 Å². The molecule has 2 fully saturated rings. The standard InChI is InChI=1S/C32H52O4/c1-18(2)19(3)10-11-20(4)23-13-14-24-22-12-15-25-30(6,7)26(34)16-17-31(25,8)27(22)28(35)29(32(23,24)9)36-21(5)33/h18,20,23-26,28-29,34-35H,3,10-17H2,1-2,4-9H3/t20-,23-,24+,25?,26+,28-,29+,31+,32-/m1/s1. The maximum atomic E-state index is 12.4. The van der Waals surface area contributed by atoms with Gasteiger partial charge in [-0.3, -0.25) is 4.79 Å². The van der Waals surface area contributed by atoms with Crippen molar-refractivity contribution < 1.29 is 19.7 Å². The average Bonchev–Trinajstić information content (AvgIpc) is 3.15. The molecule has 0 aromatic carbocycles. The van der Waals surface area contributed by atoms with E-state index < -0.39 is 12.2 Å². The molecule has 4 nitrogen and oxygen atoms in total. The molecule has 4 aliphatic rings. The molecular formula is C32H52O4. The van der Waals surface area contributed by atoms with Crippen LogP contribution in [0.5, 0.6) is 0 Å². The summed E-state index contributed by atoms with van der Waals surface area (Å²) in [6.07, 6.45) is 6.41. The van der Waals surface area contributed by atoms with Crippen LogP contribution in [0.15, 0.2) is 23.3 Å². The molecule has 36 heavy (non-hydrogen) atoms. The topological polar surface area (TPSA) is 66.8 Å². The highest BCUT2D eigenvalue weighted by molar-refractivity contribution is 5.66. The van der Waals surface area contributed by atoms with Crippen molar-refractivity contribution in [3.8, 4) is 0 Å². The van der Waals surface area contributed by atoms with Crippen LogP contribution in [0.2, 0.25) is 0 Å². The smallest absolute Gasteiger partial charge is 0.303 e. The lowest BCUT2D eigenvalue weighted by atomic mass is 9.45. The van der Waals surface area contributed by atoms with Gasteiger partial charge in [-0.05, 0) is 97.4 Å². The van der Waals surface area contributed by atoms with Crippen molar-refractivity contribution in [3.63, 3.8) is 0 Å². The molecule has 1 unspecified atom stereocenters. The Hall–Kier alpha value is -1.13. The number of fused-ring (bicyclic) bond motifs is 4. The van der Waals surface area contributed by atoms with Gasteiger partial charge in [-0.2, -0.15) is 0 Å². The van der Waals surface area contributed by atoms with Gasteiger partial charge in [-0.1, -0.05) is 66.2 Å². The number of ether oxygens (including phenoxy) is 1. The van der Waals surface area contributed by atoms with Gasteiger partial charge in [0.1, 0.15) is 12.2 Å². The van der Waals surface area contributed by atoms with Gasteiger partial charge in [0.25, 0.3) is 0 Å². The summed E-state index contributed by atoms with van der Waals surface area (Å²) in [6, 6.07) is 0. The van der Waals surface area contributed by atoms with E-state index >= 15 is 0 Å². The zero-order valence-corrected chi connectivity index (χ0v) is 24.2. The van der Waals surface area contributed by atoms with Gasteiger partial charge < -0.3 is 14.9 Å². The second kappa shape index (κ2) is 9.56. The third-order valence-corrected chi connectivity index (χ3v) is 11.8. The molecule has 0 aliphatic heterocycles. The van der Waals surface area contributed by atoms with Crippen molar-refractivity contribution in [2.24, 2.45) is 45.8 Å². The molecular weight excluding hydrogens is 448 g/mol. The molecule has 0 aromatic heterocycles. The van der Waals surface area contributed by atoms with Gasteiger partial charge in [0, 0.05) is 12.3 Å². The number of carbonyl (C=O) groups excluding carboxylic acids is 1.